The number of hydrogen-bond acceptors (Lipinski definition) is 9. The third-order valence-corrected chi connectivity index (χ3v) is 6.27. The predicted molar refractivity (Wildman–Crippen MR) is 86.8 cm³/mol. The fourth-order valence-electron chi connectivity index (χ4n) is 4.61. The molecule has 0 saturated heterocycles. The van der Waals surface area contributed by atoms with Crippen LogP contribution in [-0.2, 0) is 33.2 Å². The molecule has 0 aromatic carbocycles. The Kier molecular flexibility index (Phi) is 5.74. The van der Waals surface area contributed by atoms with Crippen molar-refractivity contribution < 1.29 is 47.3 Å². The minimum Gasteiger partial charge on any atom is -0.691 e. The van der Waals surface area contributed by atoms with Gasteiger partial charge in [-0.3, -0.25) is 14.6 Å². The van der Waals surface area contributed by atoms with E-state index in [1.807, 2.05) is 0 Å². The molecule has 4 aliphatic carbocycles. The van der Waals surface area contributed by atoms with E-state index in [9.17, 15) is 28.4 Å². The molecule has 8 nitrogen and oxygen atoms in total. The molecular formula is C17H21F2O8S-. The lowest BCUT2D eigenvalue weighted by Crippen LogP contribution is -2.57. The lowest BCUT2D eigenvalue weighted by atomic mass is 9.53. The second-order valence-electron chi connectivity index (χ2n) is 8.51. The molecule has 11 heteroatoms. The van der Waals surface area contributed by atoms with Crippen molar-refractivity contribution in [2.75, 3.05) is 6.61 Å². The van der Waals surface area contributed by atoms with Gasteiger partial charge in [0.15, 0.2) is 0 Å². The number of Topliss-reactive ketones (excluding diaryl/α,β-unsaturated/α-hetero) is 1. The molecule has 0 aromatic rings. The van der Waals surface area contributed by atoms with Crippen molar-refractivity contribution in [3.8, 4) is 0 Å². The number of rotatable bonds is 8. The zero-order valence-corrected chi connectivity index (χ0v) is 16.2. The van der Waals surface area contributed by atoms with Crippen LogP contribution < -0.4 is 5.26 Å². The highest BCUT2D eigenvalue weighted by Crippen LogP contribution is 2.56. The third kappa shape index (κ3) is 4.17. The van der Waals surface area contributed by atoms with Gasteiger partial charge in [-0.1, -0.05) is 0 Å². The second kappa shape index (κ2) is 7.51. The van der Waals surface area contributed by atoms with Crippen molar-refractivity contribution in [1.82, 2.24) is 0 Å². The van der Waals surface area contributed by atoms with Gasteiger partial charge in [-0.05, 0) is 51.9 Å². The summed E-state index contributed by atoms with van der Waals surface area (Å²) in [6.07, 6.45) is 3.33. The normalized spacial score (nSPS) is 31.8. The van der Waals surface area contributed by atoms with Crippen LogP contribution in [0.15, 0.2) is 0 Å². The van der Waals surface area contributed by atoms with Gasteiger partial charge in [-0.15, -0.1) is 0 Å². The molecule has 4 saturated carbocycles. The average Bonchev–Trinajstić information content (AvgIpc) is 2.61. The summed E-state index contributed by atoms with van der Waals surface area (Å²) >= 11 is -0.800. The van der Waals surface area contributed by atoms with Gasteiger partial charge in [0.25, 0.3) is 0 Å². The molecule has 4 bridgehead atoms. The minimum atomic E-state index is -4.18. The highest BCUT2D eigenvalue weighted by molar-refractivity contribution is 7.96. The third-order valence-electron chi connectivity index (χ3n) is 5.77. The molecule has 0 heterocycles. The summed E-state index contributed by atoms with van der Waals surface area (Å²) in [6.45, 7) is 2.18. The SMILES string of the molecule is CC(C)(COC(=O)C(F)(F)SOO[O-])C(=O)OC12CC3CC(C1)C(=O)C(C3)C2. The van der Waals surface area contributed by atoms with Crippen LogP contribution in [0.25, 0.3) is 0 Å². The number of esters is 2. The summed E-state index contributed by atoms with van der Waals surface area (Å²) in [4.78, 5) is 36.4. The largest absolute Gasteiger partial charge is 0.691 e. The summed E-state index contributed by atoms with van der Waals surface area (Å²) < 4.78 is 40.6. The van der Waals surface area contributed by atoms with E-state index in [4.69, 9.17) is 4.74 Å². The number of carbonyl (C=O) groups excluding carboxylic acids is 3. The highest BCUT2D eigenvalue weighted by atomic mass is 32.2. The number of halogens is 2. The molecule has 0 spiro atoms. The molecule has 0 radical (unpaired) electrons. The van der Waals surface area contributed by atoms with Crippen molar-refractivity contribution in [2.24, 2.45) is 23.2 Å². The Morgan fingerprint density at radius 3 is 2.36 bits per heavy atom. The van der Waals surface area contributed by atoms with E-state index in [2.05, 4.69) is 14.1 Å². The standard InChI is InChI=1S/C17H22F2O8S/c1-15(2,8-24-14(22)17(18,19)28-27-26-23)13(21)25-16-5-9-3-10(6-16)12(20)11(4-9)7-16/h9-11,23H,3-8H2,1-2H3/p-1. The van der Waals surface area contributed by atoms with Gasteiger partial charge in [0.2, 0.25) is 0 Å². The molecule has 0 N–H and O–H groups in total. The van der Waals surface area contributed by atoms with E-state index in [-0.39, 0.29) is 17.6 Å². The zero-order chi connectivity index (χ0) is 20.7. The first-order chi connectivity index (χ1) is 13.0. The second-order valence-corrected chi connectivity index (χ2v) is 9.33. The van der Waals surface area contributed by atoms with Crippen LogP contribution >= 0.6 is 12.0 Å². The molecule has 0 aromatic heterocycles. The Hall–Kier alpha value is -1.30. The van der Waals surface area contributed by atoms with Gasteiger partial charge in [0.05, 0.1) is 5.41 Å². The quantitative estimate of drug-likeness (QED) is 0.249. The zero-order valence-electron chi connectivity index (χ0n) is 15.4. The lowest BCUT2D eigenvalue weighted by Gasteiger charge is -2.55. The Bertz CT molecular complexity index is 650. The summed E-state index contributed by atoms with van der Waals surface area (Å²) in [6, 6.07) is 0. The Balaban J connectivity index is 1.58. The van der Waals surface area contributed by atoms with E-state index in [1.54, 1.807) is 0 Å². The topological polar surface area (TPSA) is 111 Å². The molecule has 0 amide bonds. The van der Waals surface area contributed by atoms with Gasteiger partial charge >= 0.3 is 17.2 Å². The van der Waals surface area contributed by atoms with E-state index in [1.165, 1.54) is 13.8 Å². The summed E-state index contributed by atoms with van der Waals surface area (Å²) in [5, 5.41) is 8.22. The van der Waals surface area contributed by atoms with Crippen molar-refractivity contribution in [2.45, 2.75) is 56.8 Å². The van der Waals surface area contributed by atoms with Crippen LogP contribution in [-0.4, -0.2) is 35.2 Å². The van der Waals surface area contributed by atoms with Crippen LogP contribution in [0.5, 0.6) is 0 Å². The van der Waals surface area contributed by atoms with E-state index >= 15 is 0 Å². The van der Waals surface area contributed by atoms with Crippen molar-refractivity contribution >= 4 is 29.8 Å². The molecule has 4 rings (SSSR count). The number of alkyl halides is 2. The Morgan fingerprint density at radius 2 is 1.79 bits per heavy atom. The van der Waals surface area contributed by atoms with Crippen LogP contribution in [0.4, 0.5) is 8.78 Å². The maximum atomic E-state index is 13.4. The van der Waals surface area contributed by atoms with Crippen molar-refractivity contribution in [3.63, 3.8) is 0 Å². The Labute approximate surface area is 164 Å². The fourth-order valence-corrected chi connectivity index (χ4v) is 4.85. The molecule has 2 atom stereocenters. The first-order valence-corrected chi connectivity index (χ1v) is 9.69. The molecule has 0 aliphatic heterocycles. The smallest absolute Gasteiger partial charge is 0.415 e. The fraction of sp³-hybridized carbons (Fsp3) is 0.824. The van der Waals surface area contributed by atoms with Gasteiger partial charge in [-0.2, -0.15) is 13.1 Å². The van der Waals surface area contributed by atoms with E-state index in [0.717, 1.165) is 12.8 Å². The molecule has 28 heavy (non-hydrogen) atoms. The van der Waals surface area contributed by atoms with Crippen LogP contribution in [0.1, 0.15) is 46.0 Å². The number of hydrogen-bond donors (Lipinski definition) is 0. The van der Waals surface area contributed by atoms with Gasteiger partial charge in [0, 0.05) is 11.8 Å². The van der Waals surface area contributed by atoms with Crippen LogP contribution in [0.2, 0.25) is 0 Å². The van der Waals surface area contributed by atoms with Gasteiger partial charge in [0.1, 0.15) is 30.0 Å². The number of ether oxygens (including phenoxy) is 2. The number of ketones is 1. The van der Waals surface area contributed by atoms with Crippen LogP contribution in [0, 0.1) is 23.2 Å². The monoisotopic (exact) mass is 423 g/mol. The predicted octanol–water partition coefficient (Wildman–Crippen LogP) is 1.71. The molecule has 2 unspecified atom stereocenters. The summed E-state index contributed by atoms with van der Waals surface area (Å²) in [5.74, 6) is -2.22. The summed E-state index contributed by atoms with van der Waals surface area (Å²) in [5.41, 5.74) is -2.08. The molecule has 4 aliphatic rings. The van der Waals surface area contributed by atoms with Crippen molar-refractivity contribution in [1.29, 1.82) is 0 Å². The lowest BCUT2D eigenvalue weighted by molar-refractivity contribution is -0.777. The van der Waals surface area contributed by atoms with Crippen LogP contribution in [0.3, 0.4) is 0 Å². The summed E-state index contributed by atoms with van der Waals surface area (Å²) in [7, 11) is 0. The molecular weight excluding hydrogens is 402 g/mol. The first kappa shape index (κ1) is 21.4. The maximum absolute atomic E-state index is 13.4. The van der Waals surface area contributed by atoms with E-state index in [0.29, 0.717) is 25.2 Å². The van der Waals surface area contributed by atoms with Crippen molar-refractivity contribution in [3.05, 3.63) is 0 Å². The Morgan fingerprint density at radius 1 is 1.18 bits per heavy atom. The maximum Gasteiger partial charge on any atom is 0.415 e. The molecule has 158 valence electrons. The average molecular weight is 423 g/mol. The van der Waals surface area contributed by atoms with E-state index < -0.39 is 46.9 Å². The van der Waals surface area contributed by atoms with Gasteiger partial charge in [-0.25, -0.2) is 4.79 Å². The minimum absolute atomic E-state index is 0.0843. The molecule has 4 fully saturated rings. The highest BCUT2D eigenvalue weighted by Gasteiger charge is 2.58. The number of carbonyl (C=O) groups is 3. The van der Waals surface area contributed by atoms with Gasteiger partial charge < -0.3 is 14.7 Å². The first-order valence-electron chi connectivity index (χ1n) is 8.94.